The summed E-state index contributed by atoms with van der Waals surface area (Å²) in [5, 5.41) is 0. The van der Waals surface area contributed by atoms with Crippen molar-refractivity contribution in [1.82, 2.24) is 4.90 Å². The Morgan fingerprint density at radius 1 is 0.688 bits per heavy atom. The van der Waals surface area contributed by atoms with Gasteiger partial charge in [-0.2, -0.15) is 0 Å². The highest BCUT2D eigenvalue weighted by Gasteiger charge is 2.13. The van der Waals surface area contributed by atoms with E-state index in [-0.39, 0.29) is 0 Å². The number of nitrogens with zero attached hydrogens (tertiary/aromatic N) is 1. The van der Waals surface area contributed by atoms with Gasteiger partial charge in [-0.05, 0) is 71.6 Å². The Kier molecular flexibility index (Phi) is 8.94. The van der Waals surface area contributed by atoms with Crippen LogP contribution in [0.25, 0.3) is 11.1 Å². The molecule has 168 valence electrons. The predicted octanol–water partition coefficient (Wildman–Crippen LogP) is 6.78. The van der Waals surface area contributed by atoms with Crippen LogP contribution >= 0.6 is 0 Å². The summed E-state index contributed by atoms with van der Waals surface area (Å²) in [4.78, 5) is 2.37. The van der Waals surface area contributed by atoms with E-state index >= 15 is 0 Å². The number of benzene rings is 3. The Bertz CT molecular complexity index is 972. The Labute approximate surface area is 193 Å². The SMILES string of the molecule is CC/C(=C(\c1ccccc1)c1ccc(OCCN(CC)CC)cc1)c1ccc(OC)cc1. The molecule has 32 heavy (non-hydrogen) atoms. The van der Waals surface area contributed by atoms with Crippen molar-refractivity contribution in [2.45, 2.75) is 27.2 Å². The minimum Gasteiger partial charge on any atom is -0.497 e. The summed E-state index contributed by atoms with van der Waals surface area (Å²) in [6, 6.07) is 27.5. The number of hydrogen-bond acceptors (Lipinski definition) is 3. The normalized spacial score (nSPS) is 11.9. The van der Waals surface area contributed by atoms with Crippen molar-refractivity contribution in [3.05, 3.63) is 95.6 Å². The second-order valence-electron chi connectivity index (χ2n) is 7.70. The van der Waals surface area contributed by atoms with Gasteiger partial charge >= 0.3 is 0 Å². The predicted molar refractivity (Wildman–Crippen MR) is 135 cm³/mol. The smallest absolute Gasteiger partial charge is 0.119 e. The number of ether oxygens (including phenoxy) is 2. The summed E-state index contributed by atoms with van der Waals surface area (Å²) in [5.74, 6) is 1.78. The van der Waals surface area contributed by atoms with Crippen molar-refractivity contribution in [2.75, 3.05) is 33.4 Å². The molecule has 0 bridgehead atoms. The molecule has 0 unspecified atom stereocenters. The molecule has 3 aromatic carbocycles. The first-order valence-corrected chi connectivity index (χ1v) is 11.6. The van der Waals surface area contributed by atoms with Gasteiger partial charge in [0.15, 0.2) is 0 Å². The van der Waals surface area contributed by atoms with Gasteiger partial charge in [0.2, 0.25) is 0 Å². The van der Waals surface area contributed by atoms with Crippen LogP contribution in [0.15, 0.2) is 78.9 Å². The summed E-state index contributed by atoms with van der Waals surface area (Å²) in [6.45, 7) is 10.3. The molecule has 0 aromatic heterocycles. The van der Waals surface area contributed by atoms with E-state index in [0.717, 1.165) is 37.6 Å². The van der Waals surface area contributed by atoms with Gasteiger partial charge in [0.25, 0.3) is 0 Å². The number of allylic oxidation sites excluding steroid dienone is 1. The number of methoxy groups -OCH3 is 1. The lowest BCUT2D eigenvalue weighted by Crippen LogP contribution is -2.27. The maximum atomic E-state index is 6.01. The molecule has 0 saturated heterocycles. The zero-order valence-electron chi connectivity index (χ0n) is 19.8. The van der Waals surface area contributed by atoms with Gasteiger partial charge in [0, 0.05) is 6.54 Å². The van der Waals surface area contributed by atoms with Gasteiger partial charge in [-0.3, -0.25) is 0 Å². The third-order valence-corrected chi connectivity index (χ3v) is 5.87. The average Bonchev–Trinajstić information content (AvgIpc) is 2.86. The first-order valence-electron chi connectivity index (χ1n) is 11.6. The van der Waals surface area contributed by atoms with E-state index in [1.165, 1.54) is 27.8 Å². The highest BCUT2D eigenvalue weighted by atomic mass is 16.5. The standard InChI is InChI=1S/C29H35NO2/c1-5-28(23-13-17-26(31-4)18-14-23)29(24-11-9-8-10-12-24)25-15-19-27(20-16-25)32-22-21-30(6-2)7-3/h8-20H,5-7,21-22H2,1-4H3/b29-28-. The van der Waals surface area contributed by atoms with Crippen LogP contribution in [0.2, 0.25) is 0 Å². The molecular formula is C29H35NO2. The topological polar surface area (TPSA) is 21.7 Å². The van der Waals surface area contributed by atoms with E-state index in [2.05, 4.69) is 92.4 Å². The van der Waals surface area contributed by atoms with Gasteiger partial charge in [-0.15, -0.1) is 0 Å². The summed E-state index contributed by atoms with van der Waals surface area (Å²) in [5.41, 5.74) is 6.20. The van der Waals surface area contributed by atoms with Crippen LogP contribution in [-0.2, 0) is 0 Å². The van der Waals surface area contributed by atoms with Crippen LogP contribution in [0, 0.1) is 0 Å². The van der Waals surface area contributed by atoms with E-state index in [1.807, 2.05) is 12.1 Å². The van der Waals surface area contributed by atoms with Crippen LogP contribution in [0.1, 0.15) is 43.9 Å². The van der Waals surface area contributed by atoms with Crippen LogP contribution in [0.5, 0.6) is 11.5 Å². The third-order valence-electron chi connectivity index (χ3n) is 5.87. The van der Waals surface area contributed by atoms with Crippen LogP contribution < -0.4 is 9.47 Å². The van der Waals surface area contributed by atoms with Gasteiger partial charge < -0.3 is 14.4 Å². The maximum absolute atomic E-state index is 6.01. The van der Waals surface area contributed by atoms with Crippen molar-refractivity contribution in [1.29, 1.82) is 0 Å². The van der Waals surface area contributed by atoms with Crippen molar-refractivity contribution in [2.24, 2.45) is 0 Å². The molecule has 3 nitrogen and oxygen atoms in total. The molecule has 0 saturated carbocycles. The third kappa shape index (κ3) is 6.02. The first kappa shape index (κ1) is 23.6. The molecule has 0 aliphatic carbocycles. The Morgan fingerprint density at radius 2 is 1.25 bits per heavy atom. The molecule has 0 N–H and O–H groups in total. The zero-order chi connectivity index (χ0) is 22.8. The van der Waals surface area contributed by atoms with Crippen molar-refractivity contribution in [3.63, 3.8) is 0 Å². The minimum absolute atomic E-state index is 0.703. The second kappa shape index (κ2) is 12.1. The second-order valence-corrected chi connectivity index (χ2v) is 7.70. The fourth-order valence-corrected chi connectivity index (χ4v) is 3.99. The van der Waals surface area contributed by atoms with Crippen LogP contribution in [-0.4, -0.2) is 38.3 Å². The molecule has 0 amide bonds. The van der Waals surface area contributed by atoms with Gasteiger partial charge in [-0.25, -0.2) is 0 Å². The highest BCUT2D eigenvalue weighted by Crippen LogP contribution is 2.35. The van der Waals surface area contributed by atoms with Crippen molar-refractivity contribution >= 4 is 11.1 Å². The van der Waals surface area contributed by atoms with E-state index in [1.54, 1.807) is 7.11 Å². The molecule has 0 heterocycles. The zero-order valence-corrected chi connectivity index (χ0v) is 19.8. The Balaban J connectivity index is 1.93. The Hall–Kier alpha value is -3.04. The van der Waals surface area contributed by atoms with Crippen molar-refractivity contribution < 1.29 is 9.47 Å². The van der Waals surface area contributed by atoms with E-state index in [0.29, 0.717) is 6.61 Å². The van der Waals surface area contributed by atoms with Crippen molar-refractivity contribution in [3.8, 4) is 11.5 Å². The largest absolute Gasteiger partial charge is 0.497 e. The summed E-state index contributed by atoms with van der Waals surface area (Å²) >= 11 is 0. The minimum atomic E-state index is 0.703. The van der Waals surface area contributed by atoms with E-state index in [4.69, 9.17) is 9.47 Å². The molecule has 0 atom stereocenters. The fourth-order valence-electron chi connectivity index (χ4n) is 3.99. The first-order chi connectivity index (χ1) is 15.7. The summed E-state index contributed by atoms with van der Waals surface area (Å²) < 4.78 is 11.4. The lowest BCUT2D eigenvalue weighted by molar-refractivity contribution is 0.223. The van der Waals surface area contributed by atoms with Gasteiger partial charge in [0.05, 0.1) is 7.11 Å². The summed E-state index contributed by atoms with van der Waals surface area (Å²) in [6.07, 6.45) is 0.929. The maximum Gasteiger partial charge on any atom is 0.119 e. The van der Waals surface area contributed by atoms with Gasteiger partial charge in [0.1, 0.15) is 18.1 Å². The molecule has 3 heteroatoms. The van der Waals surface area contributed by atoms with E-state index in [9.17, 15) is 0 Å². The molecule has 0 aliphatic heterocycles. The molecule has 3 aromatic rings. The number of likely N-dealkylation sites (N-methyl/N-ethyl adjacent to an activating group) is 1. The van der Waals surface area contributed by atoms with Crippen LogP contribution in [0.4, 0.5) is 0 Å². The molecule has 0 aliphatic rings. The molecule has 0 spiro atoms. The van der Waals surface area contributed by atoms with E-state index < -0.39 is 0 Å². The van der Waals surface area contributed by atoms with Crippen LogP contribution in [0.3, 0.4) is 0 Å². The lowest BCUT2D eigenvalue weighted by Gasteiger charge is -2.19. The molecule has 0 fully saturated rings. The fraction of sp³-hybridized carbons (Fsp3) is 0.310. The average molecular weight is 430 g/mol. The van der Waals surface area contributed by atoms with Gasteiger partial charge in [-0.1, -0.05) is 75.4 Å². The number of hydrogen-bond donors (Lipinski definition) is 0. The molecular weight excluding hydrogens is 394 g/mol. The quantitative estimate of drug-likeness (QED) is 0.313. The lowest BCUT2D eigenvalue weighted by atomic mass is 9.88. The highest BCUT2D eigenvalue weighted by molar-refractivity contribution is 5.98. The summed E-state index contributed by atoms with van der Waals surface area (Å²) in [7, 11) is 1.70. The monoisotopic (exact) mass is 429 g/mol. The molecule has 0 radical (unpaired) electrons. The Morgan fingerprint density at radius 3 is 1.81 bits per heavy atom. The number of rotatable bonds is 11. The molecule has 3 rings (SSSR count).